The van der Waals surface area contributed by atoms with Gasteiger partial charge >= 0.3 is 0 Å². The summed E-state index contributed by atoms with van der Waals surface area (Å²) < 4.78 is 0. The Hall–Kier alpha value is -0.123. The Balaban J connectivity index is 3.87. The first-order valence-corrected chi connectivity index (χ1v) is 7.44. The summed E-state index contributed by atoms with van der Waals surface area (Å²) >= 11 is 0. The van der Waals surface area contributed by atoms with E-state index in [4.69, 9.17) is 5.11 Å². The lowest BCUT2D eigenvalue weighted by molar-refractivity contribution is 0.144. The highest BCUT2D eigenvalue weighted by Gasteiger charge is 2.25. The van der Waals surface area contributed by atoms with E-state index in [1.54, 1.807) is 0 Å². The number of hydrogen-bond donors (Lipinski definition) is 2. The molecule has 2 N–H and O–H groups in total. The van der Waals surface area contributed by atoms with Gasteiger partial charge in [0.1, 0.15) is 0 Å². The minimum absolute atomic E-state index is 0.338. The van der Waals surface area contributed by atoms with Gasteiger partial charge in [0.05, 0.1) is 14.2 Å². The largest absolute Gasteiger partial charge is 0.396 e. The zero-order chi connectivity index (χ0) is 9.07. The molecular weight excluding hydrogens is 156 g/mol. The summed E-state index contributed by atoms with van der Waals surface area (Å²) in [5.41, 5.74) is -0.338. The normalized spacial score (nSPS) is 17.5. The monoisotopic (exact) mass is 174 g/mol. The van der Waals surface area contributed by atoms with Crippen LogP contribution in [0.1, 0.15) is 6.42 Å². The second-order valence-corrected chi connectivity index (χ2v) is 9.32. The molecular formula is C8H18O2Si. The maximum absolute atomic E-state index is 9.54. The van der Waals surface area contributed by atoms with Crippen molar-refractivity contribution in [2.24, 2.45) is 0 Å². The maximum Gasteiger partial charge on any atom is 0.0783 e. The first kappa shape index (κ1) is 10.9. The van der Waals surface area contributed by atoms with Crippen molar-refractivity contribution in [3.05, 3.63) is 12.7 Å². The van der Waals surface area contributed by atoms with Crippen LogP contribution < -0.4 is 0 Å². The van der Waals surface area contributed by atoms with Crippen LogP contribution in [-0.2, 0) is 0 Å². The van der Waals surface area contributed by atoms with Gasteiger partial charge in [-0.3, -0.25) is 0 Å². The predicted octanol–water partition coefficient (Wildman–Crippen LogP) is 1.16. The summed E-state index contributed by atoms with van der Waals surface area (Å²) in [5.74, 6) is 0. The van der Waals surface area contributed by atoms with Gasteiger partial charge in [0.25, 0.3) is 0 Å². The highest BCUT2D eigenvalue weighted by molar-refractivity contribution is 6.77. The van der Waals surface area contributed by atoms with Gasteiger partial charge in [-0.15, -0.1) is 6.58 Å². The summed E-state index contributed by atoms with van der Waals surface area (Å²) in [7, 11) is -1.49. The second-order valence-electron chi connectivity index (χ2n) is 3.92. The average molecular weight is 174 g/mol. The lowest BCUT2D eigenvalue weighted by Crippen LogP contribution is -2.40. The lowest BCUT2D eigenvalue weighted by atomic mass is 10.3. The molecule has 0 aliphatic heterocycles. The van der Waals surface area contributed by atoms with Gasteiger partial charge in [0, 0.05) is 5.73 Å². The SMILES string of the molecule is C=C[C@@H](O)C[C@@H](O)[Si](C)(C)C. The highest BCUT2D eigenvalue weighted by Crippen LogP contribution is 2.12. The Morgan fingerprint density at radius 3 is 2.09 bits per heavy atom. The van der Waals surface area contributed by atoms with E-state index in [-0.39, 0.29) is 5.73 Å². The predicted molar refractivity (Wildman–Crippen MR) is 50.2 cm³/mol. The van der Waals surface area contributed by atoms with Crippen LogP contribution in [0.25, 0.3) is 0 Å². The van der Waals surface area contributed by atoms with E-state index < -0.39 is 14.2 Å². The van der Waals surface area contributed by atoms with Crippen LogP contribution in [0.5, 0.6) is 0 Å². The Morgan fingerprint density at radius 2 is 1.82 bits per heavy atom. The molecule has 11 heavy (non-hydrogen) atoms. The Bertz CT molecular complexity index is 129. The van der Waals surface area contributed by atoms with Crippen LogP contribution in [0.4, 0.5) is 0 Å². The molecule has 66 valence electrons. The number of hydrogen-bond acceptors (Lipinski definition) is 2. The summed E-state index contributed by atoms with van der Waals surface area (Å²) in [4.78, 5) is 0. The standard InChI is InChI=1S/C8H18O2Si/c1-5-7(9)6-8(10)11(2,3)4/h5,7-10H,1,6H2,2-4H3/t7-,8+/m1/s1. The molecule has 0 aliphatic rings. The fourth-order valence-corrected chi connectivity index (χ4v) is 1.63. The van der Waals surface area contributed by atoms with E-state index in [9.17, 15) is 5.11 Å². The fourth-order valence-electron chi connectivity index (χ4n) is 0.679. The molecule has 2 nitrogen and oxygen atoms in total. The van der Waals surface area contributed by atoms with E-state index in [1.807, 2.05) is 0 Å². The Morgan fingerprint density at radius 1 is 1.36 bits per heavy atom. The van der Waals surface area contributed by atoms with Crippen LogP contribution in [0.2, 0.25) is 19.6 Å². The highest BCUT2D eigenvalue weighted by atomic mass is 28.3. The van der Waals surface area contributed by atoms with Crippen molar-refractivity contribution < 1.29 is 10.2 Å². The number of aliphatic hydroxyl groups excluding tert-OH is 2. The summed E-state index contributed by atoms with van der Waals surface area (Å²) in [5, 5.41) is 18.7. The molecule has 0 radical (unpaired) electrons. The lowest BCUT2D eigenvalue weighted by Gasteiger charge is -2.24. The molecule has 0 saturated carbocycles. The maximum atomic E-state index is 9.54. The third-order valence-electron chi connectivity index (χ3n) is 1.74. The molecule has 0 amide bonds. The number of aliphatic hydroxyl groups is 2. The summed E-state index contributed by atoms with van der Waals surface area (Å²) in [6.45, 7) is 9.68. The van der Waals surface area contributed by atoms with Crippen molar-refractivity contribution >= 4 is 8.07 Å². The van der Waals surface area contributed by atoms with E-state index in [0.717, 1.165) is 0 Å². The Labute approximate surface area is 69.6 Å². The molecule has 0 fully saturated rings. The molecule has 0 aromatic carbocycles. The van der Waals surface area contributed by atoms with Crippen molar-refractivity contribution in [1.29, 1.82) is 0 Å². The van der Waals surface area contributed by atoms with Gasteiger partial charge < -0.3 is 10.2 Å². The fraction of sp³-hybridized carbons (Fsp3) is 0.750. The first-order valence-electron chi connectivity index (χ1n) is 3.86. The minimum atomic E-state index is -1.49. The molecule has 0 spiro atoms. The summed E-state index contributed by atoms with van der Waals surface area (Å²) in [6.07, 6.45) is 1.33. The van der Waals surface area contributed by atoms with Crippen LogP contribution in [0.15, 0.2) is 12.7 Å². The first-order chi connectivity index (χ1) is 4.88. The molecule has 0 aromatic rings. The quantitative estimate of drug-likeness (QED) is 0.496. The zero-order valence-corrected chi connectivity index (χ0v) is 8.54. The van der Waals surface area contributed by atoms with Crippen molar-refractivity contribution in [3.63, 3.8) is 0 Å². The van der Waals surface area contributed by atoms with Crippen LogP contribution in [-0.4, -0.2) is 30.1 Å². The molecule has 0 bridgehead atoms. The van der Waals surface area contributed by atoms with Crippen LogP contribution in [0.3, 0.4) is 0 Å². The van der Waals surface area contributed by atoms with E-state index in [1.165, 1.54) is 6.08 Å². The zero-order valence-electron chi connectivity index (χ0n) is 7.54. The minimum Gasteiger partial charge on any atom is -0.396 e. The second kappa shape index (κ2) is 4.04. The third kappa shape index (κ3) is 4.34. The van der Waals surface area contributed by atoms with Crippen molar-refractivity contribution in [1.82, 2.24) is 0 Å². The van der Waals surface area contributed by atoms with Gasteiger partial charge in [-0.2, -0.15) is 0 Å². The smallest absolute Gasteiger partial charge is 0.0783 e. The molecule has 0 heterocycles. The van der Waals surface area contributed by atoms with Gasteiger partial charge in [-0.05, 0) is 6.42 Å². The molecule has 0 aliphatic carbocycles. The van der Waals surface area contributed by atoms with Crippen LogP contribution in [0, 0.1) is 0 Å². The molecule has 0 rings (SSSR count). The number of rotatable bonds is 4. The molecule has 2 atom stereocenters. The van der Waals surface area contributed by atoms with Crippen LogP contribution >= 0.6 is 0 Å². The van der Waals surface area contributed by atoms with E-state index in [0.29, 0.717) is 6.42 Å². The molecule has 0 saturated heterocycles. The van der Waals surface area contributed by atoms with Crippen molar-refractivity contribution in [2.75, 3.05) is 0 Å². The average Bonchev–Trinajstić information content (AvgIpc) is 1.85. The topological polar surface area (TPSA) is 40.5 Å². The molecule has 0 unspecified atom stereocenters. The van der Waals surface area contributed by atoms with E-state index >= 15 is 0 Å². The van der Waals surface area contributed by atoms with Crippen molar-refractivity contribution in [2.45, 2.75) is 37.9 Å². The third-order valence-corrected chi connectivity index (χ3v) is 3.97. The van der Waals surface area contributed by atoms with E-state index in [2.05, 4.69) is 26.2 Å². The van der Waals surface area contributed by atoms with Gasteiger partial charge in [0.2, 0.25) is 0 Å². The van der Waals surface area contributed by atoms with Crippen molar-refractivity contribution in [3.8, 4) is 0 Å². The van der Waals surface area contributed by atoms with Gasteiger partial charge in [-0.1, -0.05) is 25.7 Å². The van der Waals surface area contributed by atoms with Gasteiger partial charge in [-0.25, -0.2) is 0 Å². The molecule has 0 aromatic heterocycles. The van der Waals surface area contributed by atoms with Gasteiger partial charge in [0.15, 0.2) is 0 Å². The summed E-state index contributed by atoms with van der Waals surface area (Å²) in [6, 6.07) is 0. The molecule has 3 heteroatoms. The Kier molecular flexibility index (Phi) is 4.00.